The Labute approximate surface area is 746 Å². The molecular weight excluding hydrogens is 1740 g/mol. The van der Waals surface area contributed by atoms with Gasteiger partial charge in [-0.15, -0.1) is 0 Å². The van der Waals surface area contributed by atoms with Crippen molar-refractivity contribution in [3.8, 4) is 0 Å². The van der Waals surface area contributed by atoms with E-state index in [-0.39, 0.29) is 126 Å². The van der Waals surface area contributed by atoms with Crippen molar-refractivity contribution >= 4 is 104 Å². The fourth-order valence-electron chi connectivity index (χ4n) is 10.3. The molecule has 2 unspecified atom stereocenters. The Morgan fingerprint density at radius 2 is 0.416 bits per heavy atom. The highest BCUT2D eigenvalue weighted by Crippen LogP contribution is 2.21. The number of hydrogen-bond acceptors (Lipinski definition) is 41. The summed E-state index contributed by atoms with van der Waals surface area (Å²) in [4.78, 5) is 124. The number of carbonyl (C=O) groups is 10. The Bertz CT molecular complexity index is 2970. The molecule has 2 atom stereocenters. The minimum absolute atomic E-state index is 0.0328. The molecule has 0 spiro atoms. The van der Waals surface area contributed by atoms with Crippen molar-refractivity contribution in [2.45, 2.75) is 141 Å². The molecule has 0 fully saturated rings. The molecule has 0 aliphatic rings. The number of hydrogen-bond donors (Lipinski definition) is 2. The number of rotatable bonds is 72. The lowest BCUT2D eigenvalue weighted by atomic mass is 10.3. The van der Waals surface area contributed by atoms with Crippen molar-refractivity contribution < 1.29 is 172 Å². The van der Waals surface area contributed by atoms with E-state index in [1.807, 2.05) is 28.8 Å². The third-order valence-corrected chi connectivity index (χ3v) is 32.2. The zero-order valence-corrected chi connectivity index (χ0v) is 83.4. The average molecular weight is 1890 g/mol. The molecule has 0 rings (SSSR count). The quantitative estimate of drug-likeness (QED) is 0.0273. The fourth-order valence-corrected chi connectivity index (χ4v) is 18.9. The maximum atomic E-state index is 12.3. The van der Waals surface area contributed by atoms with Crippen LogP contribution < -0.4 is 0 Å². The predicted octanol–water partition coefficient (Wildman–Crippen LogP) is 4.74. The maximum absolute atomic E-state index is 12.3. The van der Waals surface area contributed by atoms with E-state index >= 15 is 0 Å². The Morgan fingerprint density at radius 3 is 0.624 bits per heavy atom. The molecular formula is C79H150N4O37Si5. The molecule has 46 heteroatoms. The lowest BCUT2D eigenvalue weighted by Gasteiger charge is -2.28. The van der Waals surface area contributed by atoms with E-state index in [0.29, 0.717) is 94.6 Å². The van der Waals surface area contributed by atoms with Gasteiger partial charge in [-0.05, 0) is 114 Å². The van der Waals surface area contributed by atoms with Crippen molar-refractivity contribution in [3.63, 3.8) is 0 Å². The molecule has 0 aliphatic carbocycles. The first-order valence-corrected chi connectivity index (χ1v) is 50.1. The van der Waals surface area contributed by atoms with E-state index in [9.17, 15) is 58.2 Å². The Morgan fingerprint density at radius 1 is 0.248 bits per heavy atom. The van der Waals surface area contributed by atoms with Crippen LogP contribution in [0.2, 0.25) is 30.2 Å². The van der Waals surface area contributed by atoms with Gasteiger partial charge >= 0.3 is 104 Å². The van der Waals surface area contributed by atoms with Gasteiger partial charge in [0.25, 0.3) is 0 Å². The van der Waals surface area contributed by atoms with Crippen LogP contribution in [-0.2, 0) is 162 Å². The zero-order chi connectivity index (χ0) is 96.1. The summed E-state index contributed by atoms with van der Waals surface area (Å²) in [5.74, 6) is -4.94. The van der Waals surface area contributed by atoms with Crippen molar-refractivity contribution in [2.75, 3.05) is 252 Å². The van der Waals surface area contributed by atoms with Gasteiger partial charge in [-0.1, -0.05) is 32.9 Å². The smallest absolute Gasteiger partial charge is 0.463 e. The van der Waals surface area contributed by atoms with Gasteiger partial charge in [-0.3, -0.25) is 24.0 Å². The first kappa shape index (κ1) is 125. The highest BCUT2D eigenvalue weighted by atomic mass is 28.4. The van der Waals surface area contributed by atoms with E-state index in [1.54, 1.807) is 92.2 Å². The normalized spacial score (nSPS) is 12.1. The van der Waals surface area contributed by atoms with Crippen LogP contribution in [0.4, 0.5) is 0 Å². The Balaban J connectivity index is -0.000000791. The monoisotopic (exact) mass is 1890 g/mol. The summed E-state index contributed by atoms with van der Waals surface area (Å²) in [5, 5.41) is 19.5. The molecule has 0 aliphatic heterocycles. The van der Waals surface area contributed by atoms with E-state index in [4.69, 9.17) is 114 Å². The molecule has 41 nitrogen and oxygen atoms in total. The second-order valence-electron chi connectivity index (χ2n) is 27.9. The third-order valence-electron chi connectivity index (χ3n) is 18.0. The molecule has 125 heavy (non-hydrogen) atoms. The first-order valence-electron chi connectivity index (χ1n) is 40.4. The second kappa shape index (κ2) is 74.4. The molecule has 0 saturated heterocycles. The molecule has 0 aromatic heterocycles. The highest BCUT2D eigenvalue weighted by Gasteiger charge is 2.41. The van der Waals surface area contributed by atoms with Crippen molar-refractivity contribution in [3.05, 3.63) is 60.8 Å². The molecule has 2 N–H and O–H groups in total. The average Bonchev–Trinajstić information content (AvgIpc) is 0.893. The number of ether oxygens (including phenoxy) is 10. The van der Waals surface area contributed by atoms with Crippen LogP contribution in [0.15, 0.2) is 60.8 Å². The number of aliphatic hydroxyl groups excluding tert-OH is 2. The summed E-state index contributed by atoms with van der Waals surface area (Å²) in [6.07, 6.45) is 2.32. The van der Waals surface area contributed by atoms with Crippen molar-refractivity contribution in [1.82, 2.24) is 19.6 Å². The van der Waals surface area contributed by atoms with Crippen LogP contribution in [0.5, 0.6) is 0 Å². The second-order valence-corrected chi connectivity index (χ2v) is 43.3. The van der Waals surface area contributed by atoms with E-state index in [0.717, 1.165) is 38.8 Å². The zero-order valence-electron chi connectivity index (χ0n) is 78.4. The topological polar surface area (TPSA) is 455 Å². The van der Waals surface area contributed by atoms with Gasteiger partial charge in [0, 0.05) is 197 Å². The van der Waals surface area contributed by atoms with Gasteiger partial charge in [-0.25, -0.2) is 24.0 Å². The van der Waals surface area contributed by atoms with Crippen LogP contribution in [-0.4, -0.2) is 398 Å². The molecule has 0 saturated carbocycles. The Kier molecular flexibility index (Phi) is 74.4. The van der Waals surface area contributed by atoms with Crippen LogP contribution >= 0.6 is 0 Å². The highest BCUT2D eigenvalue weighted by molar-refractivity contribution is 6.62. The SMILES string of the molecule is C=C(C)C(=O)OCC(O)COC(=O)CCN(C)CCC[Si](OC)(OC)OC.C=C(C)C(=O)OCC(O)COC(=O)CCN(CCC[Si](OC)(OC)OC)CCC[Si](OC)(OC)OC.C=C(C)C(=O)OCCOC(=O)CCN(C)CCC[Si](OC)(OC)OC.C=C(C)C(=O)OCCOC(=O)CCN(CCC[Si](OC)(OC)OC)CCC(=O)OCCOC(=O)C(=C)C. The fraction of sp³-hybridized carbons (Fsp3) is 0.747. The summed E-state index contributed by atoms with van der Waals surface area (Å²) >= 11 is 0. The number of aliphatic hydroxyl groups is 2. The summed E-state index contributed by atoms with van der Waals surface area (Å²) in [7, 11) is 14.1. The minimum atomic E-state index is -2.76. The summed E-state index contributed by atoms with van der Waals surface area (Å²) in [5.41, 5.74) is 1.30. The van der Waals surface area contributed by atoms with Gasteiger partial charge in [0.2, 0.25) is 0 Å². The predicted molar refractivity (Wildman–Crippen MR) is 468 cm³/mol. The first-order chi connectivity index (χ1) is 59.0. The summed E-state index contributed by atoms with van der Waals surface area (Å²) < 4.78 is 131. The summed E-state index contributed by atoms with van der Waals surface area (Å²) in [6, 6.07) is 3.18. The lowest BCUT2D eigenvalue weighted by Crippen LogP contribution is -2.44. The van der Waals surface area contributed by atoms with Gasteiger partial charge in [0.05, 0.1) is 32.1 Å². The molecule has 0 radical (unpaired) electrons. The van der Waals surface area contributed by atoms with Gasteiger partial charge < -0.3 is 144 Å². The van der Waals surface area contributed by atoms with Gasteiger partial charge in [-0.2, -0.15) is 0 Å². The number of esters is 10. The maximum Gasteiger partial charge on any atom is 0.500 e. The van der Waals surface area contributed by atoms with Gasteiger partial charge in [0.15, 0.2) is 0 Å². The largest absolute Gasteiger partial charge is 0.500 e. The van der Waals surface area contributed by atoms with Crippen LogP contribution in [0.1, 0.15) is 98.8 Å². The molecule has 0 amide bonds. The van der Waals surface area contributed by atoms with Crippen LogP contribution in [0, 0.1) is 0 Å². The van der Waals surface area contributed by atoms with Gasteiger partial charge in [0.1, 0.15) is 78.3 Å². The minimum Gasteiger partial charge on any atom is -0.463 e. The molecule has 0 aromatic rings. The van der Waals surface area contributed by atoms with Crippen LogP contribution in [0.25, 0.3) is 0 Å². The van der Waals surface area contributed by atoms with E-state index in [2.05, 4.69) is 37.8 Å². The third kappa shape index (κ3) is 61.7. The number of nitrogens with zero attached hydrogens (tertiary/aromatic N) is 4. The lowest BCUT2D eigenvalue weighted by molar-refractivity contribution is -0.152. The molecule has 728 valence electrons. The van der Waals surface area contributed by atoms with Crippen molar-refractivity contribution in [1.29, 1.82) is 0 Å². The molecule has 0 aromatic carbocycles. The van der Waals surface area contributed by atoms with Crippen molar-refractivity contribution in [2.24, 2.45) is 0 Å². The van der Waals surface area contributed by atoms with E-state index in [1.165, 1.54) is 49.0 Å². The summed E-state index contributed by atoms with van der Waals surface area (Å²) in [6.45, 7) is 29.4. The number of carbonyl (C=O) groups excluding carboxylic acids is 10. The Hall–Kier alpha value is -6.36. The van der Waals surface area contributed by atoms with E-state index < -0.39 is 110 Å². The van der Waals surface area contributed by atoms with Crippen LogP contribution in [0.3, 0.4) is 0 Å². The molecule has 0 heterocycles. The standard InChI is InChI=1S/C24H41NO11Si.C22H45NO11Si2.C17H33NO8Si.C16H31NO7Si/c1-19(2)23(28)35-16-14-33-21(26)9-12-25(11-8-18-37(30-5,31-6)32-7)13-10-22(27)34-15-17-36-24(29)20(3)4;1-19(2)22(26)34-18-20(24)17-33-21(25)11-14-23(12-9-15-35(27-3,28-4)29-5)13-10-16-36(30-6,31-7)32-8;1-14(2)17(21)26-13-15(19)12-25-16(20)8-10-18(3)9-7-11-27(22-4,23-5)24-6;1-14(2)16(19)24-12-11-23-15(18)8-10-17(3)9-7-13-25(20-4,21-5)22-6/h1,3,8-18H2,2,4-7H3;20,24H,1,9-18H2,2-8H3;15,19H,1,7-13H2,2-6H3;1,7-13H2,2-6H3. The molecule has 0 bridgehead atoms.